The number of hydrogen-bond donors (Lipinski definition) is 6. The van der Waals surface area contributed by atoms with Gasteiger partial charge in [-0.25, -0.2) is 0 Å². The number of ether oxygens (including phenoxy) is 5. The van der Waals surface area contributed by atoms with Gasteiger partial charge in [0.05, 0.1) is 53.9 Å². The number of aliphatic hydroxyl groups excluding tert-OH is 3. The summed E-state index contributed by atoms with van der Waals surface area (Å²) in [5, 5.41) is 64.0. The van der Waals surface area contributed by atoms with Crippen molar-refractivity contribution in [1.29, 1.82) is 0 Å². The number of carbonyl (C=O) groups excluding carboxylic acids is 3. The molecule has 3 heterocycles. The van der Waals surface area contributed by atoms with Crippen LogP contribution in [-0.4, -0.2) is 115 Å². The Morgan fingerprint density at radius 3 is 2.12 bits per heavy atom. The van der Waals surface area contributed by atoms with Gasteiger partial charge < -0.3 is 54.3 Å². The summed E-state index contributed by atoms with van der Waals surface area (Å²) in [7, 11) is 0. The summed E-state index contributed by atoms with van der Waals surface area (Å²) in [6, 6.07) is 3.98. The summed E-state index contributed by atoms with van der Waals surface area (Å²) < 4.78 is 30.2. The Morgan fingerprint density at radius 2 is 1.41 bits per heavy atom. The van der Waals surface area contributed by atoms with Gasteiger partial charge in [0.25, 0.3) is 0 Å². The highest BCUT2D eigenvalue weighted by Gasteiger charge is 2.45. The molecule has 51 heavy (non-hydrogen) atoms. The molecule has 0 spiro atoms. The van der Waals surface area contributed by atoms with Crippen LogP contribution in [0, 0.1) is 0 Å². The van der Waals surface area contributed by atoms with E-state index in [4.69, 9.17) is 23.7 Å². The largest absolute Gasteiger partial charge is 0.508 e. The van der Waals surface area contributed by atoms with Gasteiger partial charge in [0.15, 0.2) is 29.9 Å². The predicted molar refractivity (Wildman–Crippen MR) is 175 cm³/mol. The van der Waals surface area contributed by atoms with E-state index in [-0.39, 0.29) is 70.7 Å². The number of hydrogen-bond acceptors (Lipinski definition) is 14. The van der Waals surface area contributed by atoms with Crippen LogP contribution in [0.2, 0.25) is 0 Å². The lowest BCUT2D eigenvalue weighted by atomic mass is 9.72. The van der Waals surface area contributed by atoms with Crippen molar-refractivity contribution in [2.45, 2.75) is 139 Å². The van der Waals surface area contributed by atoms with E-state index in [0.717, 1.165) is 6.07 Å². The molecule has 276 valence electrons. The van der Waals surface area contributed by atoms with Gasteiger partial charge in [0, 0.05) is 65.5 Å². The molecule has 0 amide bonds. The Hall–Kier alpha value is -3.31. The first kappa shape index (κ1) is 36.1. The van der Waals surface area contributed by atoms with Crippen LogP contribution in [0.3, 0.4) is 0 Å². The summed E-state index contributed by atoms with van der Waals surface area (Å²) in [4.78, 5) is 40.9. The number of Topliss-reactive ketones (excluding diaryl/α,β-unsaturated/α-hetero) is 1. The second-order valence-corrected chi connectivity index (χ2v) is 14.8. The van der Waals surface area contributed by atoms with E-state index in [1.165, 1.54) is 19.1 Å². The zero-order chi connectivity index (χ0) is 36.7. The summed E-state index contributed by atoms with van der Waals surface area (Å²) >= 11 is 0. The van der Waals surface area contributed by atoms with E-state index < -0.39 is 95.9 Å². The fraction of sp³-hybridized carbons (Fsp3) is 0.595. The summed E-state index contributed by atoms with van der Waals surface area (Å²) in [5.41, 5.74) is -1.98. The molecular formula is C37H44O14. The number of rotatable bonds is 5. The Morgan fingerprint density at radius 1 is 0.745 bits per heavy atom. The van der Waals surface area contributed by atoms with Crippen molar-refractivity contribution in [1.82, 2.24) is 0 Å². The van der Waals surface area contributed by atoms with E-state index in [1.807, 2.05) is 6.92 Å². The Bertz CT molecular complexity index is 1740. The predicted octanol–water partition coefficient (Wildman–Crippen LogP) is 2.12. The van der Waals surface area contributed by atoms with Gasteiger partial charge in [-0.3, -0.25) is 14.4 Å². The summed E-state index contributed by atoms with van der Waals surface area (Å²) in [5.74, 6) is -2.87. The number of carbonyl (C=O) groups is 3. The zero-order valence-corrected chi connectivity index (χ0v) is 28.8. The van der Waals surface area contributed by atoms with Crippen molar-refractivity contribution < 1.29 is 68.7 Å². The molecular weight excluding hydrogens is 668 g/mol. The number of fused-ring (bicyclic) bond motifs is 4. The highest BCUT2D eigenvalue weighted by atomic mass is 16.7. The van der Waals surface area contributed by atoms with E-state index in [0.29, 0.717) is 12.8 Å². The first-order valence-corrected chi connectivity index (χ1v) is 17.5. The van der Waals surface area contributed by atoms with E-state index in [2.05, 4.69) is 0 Å². The second-order valence-electron chi connectivity index (χ2n) is 14.8. The minimum Gasteiger partial charge on any atom is -0.508 e. The molecule has 0 aromatic heterocycles. The lowest BCUT2D eigenvalue weighted by Crippen LogP contribution is -2.51. The van der Waals surface area contributed by atoms with Crippen molar-refractivity contribution in [3.63, 3.8) is 0 Å². The SMILES string of the molecule is CC1OC(OC2CC(c3ccc4c(c3O)C(=O)c3cc(O)c5c(c3C4=O)C(=O)CC(C)(O)C5)OC(C)C2O)CCC1OC1CC(O)C(O)C(C)O1. The van der Waals surface area contributed by atoms with Crippen molar-refractivity contribution in [3.8, 4) is 11.5 Å². The minimum atomic E-state index is -1.42. The van der Waals surface area contributed by atoms with Crippen molar-refractivity contribution >= 4 is 17.3 Å². The minimum absolute atomic E-state index is 0.0709. The maximum absolute atomic E-state index is 13.9. The normalized spacial score (nSPS) is 38.2. The maximum atomic E-state index is 13.9. The van der Waals surface area contributed by atoms with Crippen molar-refractivity contribution in [3.05, 3.63) is 57.1 Å². The molecule has 3 aliphatic heterocycles. The molecule has 2 aromatic rings. The number of ketones is 3. The van der Waals surface area contributed by atoms with E-state index in [9.17, 15) is 45.0 Å². The number of aliphatic hydroxyl groups is 4. The van der Waals surface area contributed by atoms with Crippen LogP contribution in [0.4, 0.5) is 0 Å². The maximum Gasteiger partial charge on any atom is 0.198 e. The van der Waals surface area contributed by atoms with E-state index in [1.54, 1.807) is 13.8 Å². The van der Waals surface area contributed by atoms with Crippen LogP contribution < -0.4 is 0 Å². The van der Waals surface area contributed by atoms with Gasteiger partial charge in [0.2, 0.25) is 0 Å². The smallest absolute Gasteiger partial charge is 0.198 e. The molecule has 5 aliphatic rings. The van der Waals surface area contributed by atoms with Crippen LogP contribution in [0.15, 0.2) is 18.2 Å². The third-order valence-corrected chi connectivity index (χ3v) is 10.9. The fourth-order valence-electron chi connectivity index (χ4n) is 8.14. The number of benzene rings is 2. The monoisotopic (exact) mass is 712 g/mol. The third kappa shape index (κ3) is 6.40. The first-order valence-electron chi connectivity index (χ1n) is 17.5. The number of aromatic hydroxyl groups is 2. The number of phenolic OH excluding ortho intramolecular Hbond substituents is 2. The first-order chi connectivity index (χ1) is 24.0. The van der Waals surface area contributed by atoms with Gasteiger partial charge in [-0.2, -0.15) is 0 Å². The molecule has 12 atom stereocenters. The topological polar surface area (TPSA) is 219 Å². The molecule has 2 aliphatic carbocycles. The van der Waals surface area contributed by atoms with Gasteiger partial charge in [0.1, 0.15) is 23.7 Å². The average Bonchev–Trinajstić information content (AvgIpc) is 3.05. The van der Waals surface area contributed by atoms with Crippen LogP contribution in [0.25, 0.3) is 0 Å². The third-order valence-electron chi connectivity index (χ3n) is 10.9. The zero-order valence-electron chi connectivity index (χ0n) is 28.8. The summed E-state index contributed by atoms with van der Waals surface area (Å²) in [6.07, 6.45) is -7.44. The van der Waals surface area contributed by atoms with Crippen molar-refractivity contribution in [2.75, 3.05) is 0 Å². The molecule has 14 heteroatoms. The summed E-state index contributed by atoms with van der Waals surface area (Å²) in [6.45, 7) is 6.59. The molecule has 3 saturated heterocycles. The molecule has 12 unspecified atom stereocenters. The molecule has 0 saturated carbocycles. The van der Waals surface area contributed by atoms with E-state index >= 15 is 0 Å². The molecule has 3 fully saturated rings. The average molecular weight is 713 g/mol. The Labute approximate surface area is 293 Å². The standard InChI is InChI=1S/C37H44O14/c1-14-24(50-28-10-22(39)32(41)15(2)49-28)7-8-27(48-14)51-26-11-25(47-16(3)33(26)42)17-5-6-18-31(34(17)43)36(45)19-9-21(38)20-12-37(4,46)13-23(40)29(20)30(19)35(18)44/h5-6,9,14-16,22,24-28,32-33,38-39,41-43,46H,7-8,10-13H2,1-4H3. The lowest BCUT2D eigenvalue weighted by molar-refractivity contribution is -0.306. The van der Waals surface area contributed by atoms with Crippen LogP contribution >= 0.6 is 0 Å². The second kappa shape index (κ2) is 13.3. The van der Waals surface area contributed by atoms with Gasteiger partial charge in [-0.1, -0.05) is 6.07 Å². The van der Waals surface area contributed by atoms with Crippen LogP contribution in [0.1, 0.15) is 119 Å². The molecule has 6 N–H and O–H groups in total. The fourth-order valence-corrected chi connectivity index (χ4v) is 8.14. The Kier molecular flexibility index (Phi) is 9.39. The van der Waals surface area contributed by atoms with Gasteiger partial charge >= 0.3 is 0 Å². The highest BCUT2D eigenvalue weighted by molar-refractivity contribution is 6.32. The molecule has 0 bridgehead atoms. The number of phenols is 2. The van der Waals surface area contributed by atoms with Crippen LogP contribution in [0.5, 0.6) is 11.5 Å². The Balaban J connectivity index is 1.08. The van der Waals surface area contributed by atoms with Gasteiger partial charge in [-0.15, -0.1) is 0 Å². The quantitative estimate of drug-likeness (QED) is 0.223. The molecule has 14 nitrogen and oxygen atoms in total. The van der Waals surface area contributed by atoms with Crippen molar-refractivity contribution in [2.24, 2.45) is 0 Å². The molecule has 7 rings (SSSR count). The van der Waals surface area contributed by atoms with Gasteiger partial charge in [-0.05, 0) is 46.2 Å². The van der Waals surface area contributed by atoms with Crippen LogP contribution in [-0.2, 0) is 30.1 Å². The molecule has 0 radical (unpaired) electrons. The lowest BCUT2D eigenvalue weighted by Gasteiger charge is -2.43. The highest BCUT2D eigenvalue weighted by Crippen LogP contribution is 2.46. The molecule has 2 aromatic carbocycles.